The monoisotopic (exact) mass is 354 g/mol. The third kappa shape index (κ3) is 4.23. The average molecular weight is 355 g/mol. The fourth-order valence-electron chi connectivity index (χ4n) is 3.09. The highest BCUT2D eigenvalue weighted by Gasteiger charge is 2.29. The number of hydrogen-bond donors (Lipinski definition) is 2. The Kier molecular flexibility index (Phi) is 5.68. The van der Waals surface area contributed by atoms with Gasteiger partial charge in [0.05, 0.1) is 4.90 Å². The Hall–Kier alpha value is -1.14. The van der Waals surface area contributed by atoms with Crippen molar-refractivity contribution in [2.75, 3.05) is 6.54 Å². The second-order valence-corrected chi connectivity index (χ2v) is 8.02. The van der Waals surface area contributed by atoms with Crippen LogP contribution in [-0.4, -0.2) is 20.5 Å². The minimum absolute atomic E-state index is 0. The molecule has 0 unspecified atom stereocenters. The van der Waals surface area contributed by atoms with Crippen LogP contribution in [0.2, 0.25) is 0 Å². The third-order valence-electron chi connectivity index (χ3n) is 4.49. The molecule has 6 heteroatoms. The Morgan fingerprint density at radius 2 is 1.65 bits per heavy atom. The Labute approximate surface area is 143 Å². The molecule has 0 spiro atoms. The Bertz CT molecular complexity index is 771. The zero-order valence-corrected chi connectivity index (χ0v) is 14.6. The van der Waals surface area contributed by atoms with E-state index in [4.69, 9.17) is 5.73 Å². The molecule has 2 aromatic rings. The van der Waals surface area contributed by atoms with Crippen molar-refractivity contribution in [2.45, 2.75) is 42.5 Å². The number of hydrogen-bond acceptors (Lipinski definition) is 3. The first-order valence-electron chi connectivity index (χ1n) is 7.76. The molecule has 23 heavy (non-hydrogen) atoms. The molecule has 3 rings (SSSR count). The Morgan fingerprint density at radius 3 is 2.35 bits per heavy atom. The first-order chi connectivity index (χ1) is 10.5. The standard InChI is InChI=1S/C17H22N2O2S.ClH/c18-17(10-4-1-5-11-17)13-19-22(20,21)16-9-8-14-6-2-3-7-15(14)12-16;/h2-3,6-9,12,19H,1,4-5,10-11,13,18H2;1H. The SMILES string of the molecule is Cl.NC1(CNS(=O)(=O)c2ccc3ccccc3c2)CCCCC1. The Morgan fingerprint density at radius 1 is 1.00 bits per heavy atom. The van der Waals surface area contributed by atoms with Gasteiger partial charge in [0.1, 0.15) is 0 Å². The van der Waals surface area contributed by atoms with Gasteiger partial charge in [-0.3, -0.25) is 0 Å². The fraction of sp³-hybridized carbons (Fsp3) is 0.412. The van der Waals surface area contributed by atoms with Crippen LogP contribution in [0.3, 0.4) is 0 Å². The van der Waals surface area contributed by atoms with Crippen molar-refractivity contribution in [1.82, 2.24) is 4.72 Å². The van der Waals surface area contributed by atoms with Crippen LogP contribution in [0.25, 0.3) is 10.8 Å². The predicted octanol–water partition coefficient (Wildman–Crippen LogP) is 3.20. The number of fused-ring (bicyclic) bond motifs is 1. The predicted molar refractivity (Wildman–Crippen MR) is 96.4 cm³/mol. The third-order valence-corrected chi connectivity index (χ3v) is 5.89. The second kappa shape index (κ2) is 7.18. The van der Waals surface area contributed by atoms with Gasteiger partial charge in [-0.05, 0) is 35.7 Å². The van der Waals surface area contributed by atoms with Crippen LogP contribution in [-0.2, 0) is 10.0 Å². The van der Waals surface area contributed by atoms with E-state index in [0.29, 0.717) is 11.4 Å². The van der Waals surface area contributed by atoms with E-state index in [9.17, 15) is 8.42 Å². The lowest BCUT2D eigenvalue weighted by Crippen LogP contribution is -2.51. The van der Waals surface area contributed by atoms with Crippen molar-refractivity contribution in [3.8, 4) is 0 Å². The van der Waals surface area contributed by atoms with Crippen molar-refractivity contribution >= 4 is 33.2 Å². The van der Waals surface area contributed by atoms with E-state index >= 15 is 0 Å². The van der Waals surface area contributed by atoms with Gasteiger partial charge in [0.15, 0.2) is 0 Å². The molecule has 0 aliphatic heterocycles. The summed E-state index contributed by atoms with van der Waals surface area (Å²) < 4.78 is 27.7. The normalized spacial score (nSPS) is 17.6. The highest BCUT2D eigenvalue weighted by Crippen LogP contribution is 2.26. The summed E-state index contributed by atoms with van der Waals surface area (Å²) in [6.45, 7) is 0.308. The highest BCUT2D eigenvalue weighted by molar-refractivity contribution is 7.89. The molecule has 2 aromatic carbocycles. The van der Waals surface area contributed by atoms with Crippen LogP contribution in [0.5, 0.6) is 0 Å². The van der Waals surface area contributed by atoms with Gasteiger partial charge in [-0.15, -0.1) is 12.4 Å². The molecule has 4 nitrogen and oxygen atoms in total. The summed E-state index contributed by atoms with van der Waals surface area (Å²) in [7, 11) is -3.52. The fourth-order valence-corrected chi connectivity index (χ4v) is 4.26. The average Bonchev–Trinajstić information content (AvgIpc) is 2.53. The maximum atomic E-state index is 12.5. The quantitative estimate of drug-likeness (QED) is 0.885. The molecule has 0 saturated heterocycles. The van der Waals surface area contributed by atoms with Crippen LogP contribution in [0, 0.1) is 0 Å². The van der Waals surface area contributed by atoms with Crippen LogP contribution in [0.15, 0.2) is 47.4 Å². The van der Waals surface area contributed by atoms with E-state index in [1.165, 1.54) is 6.42 Å². The number of rotatable bonds is 4. The van der Waals surface area contributed by atoms with Crippen molar-refractivity contribution in [3.05, 3.63) is 42.5 Å². The summed E-state index contributed by atoms with van der Waals surface area (Å²) >= 11 is 0. The Balaban J connectivity index is 0.00000192. The lowest BCUT2D eigenvalue weighted by atomic mass is 9.83. The van der Waals surface area contributed by atoms with E-state index in [2.05, 4.69) is 4.72 Å². The lowest BCUT2D eigenvalue weighted by Gasteiger charge is -2.33. The van der Waals surface area contributed by atoms with Gasteiger partial charge in [0, 0.05) is 12.1 Å². The molecule has 0 radical (unpaired) electrons. The number of nitrogens with two attached hydrogens (primary N) is 1. The van der Waals surface area contributed by atoms with Gasteiger partial charge >= 0.3 is 0 Å². The number of nitrogens with one attached hydrogen (secondary N) is 1. The largest absolute Gasteiger partial charge is 0.324 e. The van der Waals surface area contributed by atoms with E-state index in [-0.39, 0.29) is 12.4 Å². The highest BCUT2D eigenvalue weighted by atomic mass is 35.5. The van der Waals surface area contributed by atoms with Crippen molar-refractivity contribution in [1.29, 1.82) is 0 Å². The van der Waals surface area contributed by atoms with Gasteiger partial charge in [-0.1, -0.05) is 49.6 Å². The molecule has 1 fully saturated rings. The van der Waals surface area contributed by atoms with Gasteiger partial charge in [0.2, 0.25) is 10.0 Å². The van der Waals surface area contributed by atoms with Crippen molar-refractivity contribution in [2.24, 2.45) is 5.73 Å². The van der Waals surface area contributed by atoms with Crippen LogP contribution < -0.4 is 10.5 Å². The molecule has 1 saturated carbocycles. The zero-order chi connectivity index (χ0) is 15.6. The first kappa shape index (κ1) is 18.2. The number of halogens is 1. The van der Waals surface area contributed by atoms with Crippen molar-refractivity contribution in [3.63, 3.8) is 0 Å². The van der Waals surface area contributed by atoms with E-state index in [1.54, 1.807) is 12.1 Å². The van der Waals surface area contributed by atoms with Gasteiger partial charge in [-0.2, -0.15) is 0 Å². The summed E-state index contributed by atoms with van der Waals surface area (Å²) in [5.74, 6) is 0. The first-order valence-corrected chi connectivity index (χ1v) is 9.24. The van der Waals surface area contributed by atoms with Crippen molar-refractivity contribution < 1.29 is 8.42 Å². The summed E-state index contributed by atoms with van der Waals surface area (Å²) in [5, 5.41) is 1.95. The van der Waals surface area contributed by atoms with Crippen LogP contribution in [0.4, 0.5) is 0 Å². The molecule has 0 aromatic heterocycles. The molecule has 1 aliphatic carbocycles. The minimum Gasteiger partial charge on any atom is -0.324 e. The van der Waals surface area contributed by atoms with E-state index in [0.717, 1.165) is 36.5 Å². The summed E-state index contributed by atoms with van der Waals surface area (Å²) in [5.41, 5.74) is 5.91. The molecule has 0 atom stereocenters. The molecular formula is C17H23ClN2O2S. The number of sulfonamides is 1. The molecule has 3 N–H and O–H groups in total. The topological polar surface area (TPSA) is 72.2 Å². The molecule has 0 heterocycles. The molecule has 0 amide bonds. The number of benzene rings is 2. The van der Waals surface area contributed by atoms with Crippen LogP contribution >= 0.6 is 12.4 Å². The maximum absolute atomic E-state index is 12.5. The molecular weight excluding hydrogens is 332 g/mol. The van der Waals surface area contributed by atoms with Gasteiger partial charge in [0.25, 0.3) is 0 Å². The van der Waals surface area contributed by atoms with E-state index in [1.807, 2.05) is 30.3 Å². The smallest absolute Gasteiger partial charge is 0.240 e. The van der Waals surface area contributed by atoms with E-state index < -0.39 is 15.6 Å². The van der Waals surface area contributed by atoms with Crippen LogP contribution in [0.1, 0.15) is 32.1 Å². The maximum Gasteiger partial charge on any atom is 0.240 e. The summed E-state index contributed by atoms with van der Waals surface area (Å²) in [6.07, 6.45) is 5.11. The summed E-state index contributed by atoms with van der Waals surface area (Å²) in [4.78, 5) is 0.297. The molecule has 126 valence electrons. The van der Waals surface area contributed by atoms with Gasteiger partial charge in [-0.25, -0.2) is 13.1 Å². The summed E-state index contributed by atoms with van der Waals surface area (Å²) in [6, 6.07) is 12.9. The molecule has 0 bridgehead atoms. The minimum atomic E-state index is -3.52. The zero-order valence-electron chi connectivity index (χ0n) is 13.0. The molecule has 1 aliphatic rings. The van der Waals surface area contributed by atoms with Gasteiger partial charge < -0.3 is 5.73 Å². The second-order valence-electron chi connectivity index (χ2n) is 6.26. The lowest BCUT2D eigenvalue weighted by molar-refractivity contribution is 0.296.